The van der Waals surface area contributed by atoms with Crippen LogP contribution < -0.4 is 0 Å². The van der Waals surface area contributed by atoms with Gasteiger partial charge in [-0.1, -0.05) is 6.08 Å². The van der Waals surface area contributed by atoms with Gasteiger partial charge in [0.2, 0.25) is 0 Å². The molecule has 1 aromatic heterocycles. The molecule has 24 heavy (non-hydrogen) atoms. The Morgan fingerprint density at radius 2 is 2.25 bits per heavy atom. The fourth-order valence-corrected chi connectivity index (χ4v) is 5.67. The molecule has 1 atom stereocenters. The first-order chi connectivity index (χ1) is 11.2. The predicted molar refractivity (Wildman–Crippen MR) is 91.5 cm³/mol. The molecule has 132 valence electrons. The minimum Gasteiger partial charge on any atom is -0.327 e. The number of rotatable bonds is 4. The average Bonchev–Trinajstić information content (AvgIpc) is 3.04. The topological polar surface area (TPSA) is 75.5 Å². The molecule has 0 saturated carbocycles. The standard InChI is InChI=1S/C16H24N4O3S/c1-4-6-19(16(2)5-9-24(22,23)12-16)15(21)14-10-13-11-18(3)7-8-20(13)17-14/h4,10H,1,5-9,11-12H2,2-3H3. The van der Waals surface area contributed by atoms with Gasteiger partial charge < -0.3 is 4.90 Å². The van der Waals surface area contributed by atoms with E-state index in [9.17, 15) is 13.2 Å². The third-order valence-electron chi connectivity index (χ3n) is 4.90. The minimum atomic E-state index is -3.10. The van der Waals surface area contributed by atoms with Crippen molar-refractivity contribution in [2.45, 2.75) is 32.0 Å². The molecular weight excluding hydrogens is 328 g/mol. The minimum absolute atomic E-state index is 0.00408. The van der Waals surface area contributed by atoms with E-state index in [1.54, 1.807) is 11.0 Å². The Bertz CT molecular complexity index is 770. The van der Waals surface area contributed by atoms with Gasteiger partial charge in [-0.2, -0.15) is 5.10 Å². The molecule has 1 saturated heterocycles. The van der Waals surface area contributed by atoms with Crippen LogP contribution in [-0.2, 0) is 22.9 Å². The first kappa shape index (κ1) is 17.2. The van der Waals surface area contributed by atoms with Gasteiger partial charge in [-0.25, -0.2) is 8.42 Å². The third kappa shape index (κ3) is 3.12. The number of fused-ring (bicyclic) bond motifs is 1. The highest BCUT2D eigenvalue weighted by Crippen LogP contribution is 2.31. The number of carbonyl (C=O) groups excluding carboxylic acids is 1. The zero-order chi connectivity index (χ0) is 17.5. The molecule has 7 nitrogen and oxygen atoms in total. The van der Waals surface area contributed by atoms with Gasteiger partial charge in [0.1, 0.15) is 0 Å². The summed E-state index contributed by atoms with van der Waals surface area (Å²) < 4.78 is 25.7. The van der Waals surface area contributed by atoms with E-state index in [2.05, 4.69) is 16.6 Å². The largest absolute Gasteiger partial charge is 0.327 e. The van der Waals surface area contributed by atoms with Crippen molar-refractivity contribution in [1.82, 2.24) is 19.6 Å². The highest BCUT2D eigenvalue weighted by molar-refractivity contribution is 7.91. The molecule has 0 aliphatic carbocycles. The van der Waals surface area contributed by atoms with Gasteiger partial charge in [-0.3, -0.25) is 14.4 Å². The summed E-state index contributed by atoms with van der Waals surface area (Å²) in [5, 5.41) is 4.44. The Kier molecular flexibility index (Phi) is 4.29. The molecular formula is C16H24N4O3S. The zero-order valence-electron chi connectivity index (χ0n) is 14.2. The first-order valence-electron chi connectivity index (χ1n) is 8.13. The van der Waals surface area contributed by atoms with E-state index in [4.69, 9.17) is 0 Å². The zero-order valence-corrected chi connectivity index (χ0v) is 15.0. The number of amides is 1. The highest BCUT2D eigenvalue weighted by Gasteiger charge is 2.45. The van der Waals surface area contributed by atoms with Crippen LogP contribution in [0, 0.1) is 0 Å². The summed E-state index contributed by atoms with van der Waals surface area (Å²) in [6, 6.07) is 1.82. The average molecular weight is 352 g/mol. The summed E-state index contributed by atoms with van der Waals surface area (Å²) >= 11 is 0. The second kappa shape index (κ2) is 6.00. The number of nitrogens with zero attached hydrogens (tertiary/aromatic N) is 4. The highest BCUT2D eigenvalue weighted by atomic mass is 32.2. The van der Waals surface area contributed by atoms with E-state index in [-0.39, 0.29) is 17.4 Å². The molecule has 3 heterocycles. The van der Waals surface area contributed by atoms with Crippen molar-refractivity contribution >= 4 is 15.7 Å². The Labute approximate surface area is 142 Å². The number of sulfone groups is 1. The Morgan fingerprint density at radius 1 is 1.50 bits per heavy atom. The van der Waals surface area contributed by atoms with Gasteiger partial charge in [-0.05, 0) is 26.5 Å². The molecule has 1 fully saturated rings. The number of aromatic nitrogens is 2. The van der Waals surface area contributed by atoms with Crippen LogP contribution >= 0.6 is 0 Å². The van der Waals surface area contributed by atoms with E-state index < -0.39 is 15.4 Å². The van der Waals surface area contributed by atoms with Crippen molar-refractivity contribution in [1.29, 1.82) is 0 Å². The number of hydrogen-bond donors (Lipinski definition) is 0. The molecule has 3 rings (SSSR count). The van der Waals surface area contributed by atoms with Crippen LogP contribution in [0.15, 0.2) is 18.7 Å². The van der Waals surface area contributed by atoms with Crippen molar-refractivity contribution in [2.24, 2.45) is 0 Å². The Hall–Kier alpha value is -1.67. The van der Waals surface area contributed by atoms with Crippen LogP contribution in [0.4, 0.5) is 0 Å². The first-order valence-corrected chi connectivity index (χ1v) is 9.95. The molecule has 0 radical (unpaired) electrons. The maximum Gasteiger partial charge on any atom is 0.275 e. The van der Waals surface area contributed by atoms with Crippen LogP contribution in [0.2, 0.25) is 0 Å². The lowest BCUT2D eigenvalue weighted by Gasteiger charge is -2.36. The van der Waals surface area contributed by atoms with Crippen LogP contribution in [0.25, 0.3) is 0 Å². The molecule has 2 aliphatic heterocycles. The molecule has 2 aliphatic rings. The molecule has 0 N–H and O–H groups in total. The Balaban J connectivity index is 1.89. The van der Waals surface area contributed by atoms with Gasteiger partial charge in [0.25, 0.3) is 5.91 Å². The molecule has 1 amide bonds. The SMILES string of the molecule is C=CCN(C(=O)c1cc2n(n1)CCN(C)C2)C1(C)CCS(=O)(=O)C1. The van der Waals surface area contributed by atoms with Gasteiger partial charge in [0, 0.05) is 19.6 Å². The van der Waals surface area contributed by atoms with E-state index in [0.717, 1.165) is 25.3 Å². The summed E-state index contributed by atoms with van der Waals surface area (Å²) in [5.41, 5.74) is 0.688. The molecule has 1 aromatic rings. The van der Waals surface area contributed by atoms with E-state index in [1.165, 1.54) is 0 Å². The van der Waals surface area contributed by atoms with Crippen molar-refractivity contribution in [3.05, 3.63) is 30.1 Å². The lowest BCUT2D eigenvalue weighted by molar-refractivity contribution is 0.0589. The molecule has 0 bridgehead atoms. The third-order valence-corrected chi connectivity index (χ3v) is 6.79. The second-order valence-electron chi connectivity index (χ2n) is 7.03. The number of likely N-dealkylation sites (N-methyl/N-ethyl adjacent to an activating group) is 1. The molecule has 8 heteroatoms. The molecule has 0 aromatic carbocycles. The van der Waals surface area contributed by atoms with Crippen molar-refractivity contribution in [3.8, 4) is 0 Å². The van der Waals surface area contributed by atoms with Gasteiger partial charge in [0.05, 0.1) is 29.3 Å². The van der Waals surface area contributed by atoms with Crippen molar-refractivity contribution < 1.29 is 13.2 Å². The van der Waals surface area contributed by atoms with E-state index in [1.807, 2.05) is 24.7 Å². The summed E-state index contributed by atoms with van der Waals surface area (Å²) in [4.78, 5) is 16.8. The summed E-state index contributed by atoms with van der Waals surface area (Å²) in [5.74, 6) is -0.107. The second-order valence-corrected chi connectivity index (χ2v) is 9.21. The van der Waals surface area contributed by atoms with Crippen molar-refractivity contribution in [3.63, 3.8) is 0 Å². The summed E-state index contributed by atoms with van der Waals surface area (Å²) in [7, 11) is -1.07. The smallest absolute Gasteiger partial charge is 0.275 e. The lowest BCUT2D eigenvalue weighted by Crippen LogP contribution is -2.51. The maximum atomic E-state index is 13.0. The Morgan fingerprint density at radius 3 is 2.88 bits per heavy atom. The fourth-order valence-electron chi connectivity index (χ4n) is 3.52. The lowest BCUT2D eigenvalue weighted by atomic mass is 9.98. The maximum absolute atomic E-state index is 13.0. The van der Waals surface area contributed by atoms with Gasteiger partial charge in [-0.15, -0.1) is 6.58 Å². The van der Waals surface area contributed by atoms with E-state index in [0.29, 0.717) is 18.7 Å². The summed E-state index contributed by atoms with van der Waals surface area (Å²) in [6.07, 6.45) is 2.09. The van der Waals surface area contributed by atoms with Gasteiger partial charge >= 0.3 is 0 Å². The normalized spacial score (nSPS) is 26.1. The number of carbonyl (C=O) groups is 1. The monoisotopic (exact) mass is 352 g/mol. The predicted octanol–water partition coefficient (Wildman–Crippen LogP) is 0.534. The number of hydrogen-bond acceptors (Lipinski definition) is 5. The fraction of sp³-hybridized carbons (Fsp3) is 0.625. The van der Waals surface area contributed by atoms with Crippen LogP contribution in [0.1, 0.15) is 29.5 Å². The molecule has 0 spiro atoms. The van der Waals surface area contributed by atoms with E-state index >= 15 is 0 Å². The van der Waals surface area contributed by atoms with Crippen LogP contribution in [0.5, 0.6) is 0 Å². The van der Waals surface area contributed by atoms with Gasteiger partial charge in [0.15, 0.2) is 15.5 Å². The molecule has 1 unspecified atom stereocenters. The summed E-state index contributed by atoms with van der Waals surface area (Å²) in [6.45, 7) is 8.27. The quantitative estimate of drug-likeness (QED) is 0.739. The van der Waals surface area contributed by atoms with Crippen LogP contribution in [-0.4, -0.2) is 71.1 Å². The van der Waals surface area contributed by atoms with Crippen LogP contribution in [0.3, 0.4) is 0 Å². The van der Waals surface area contributed by atoms with Crippen molar-refractivity contribution in [2.75, 3.05) is 31.6 Å².